The van der Waals surface area contributed by atoms with Gasteiger partial charge in [0.05, 0.1) is 17.6 Å². The van der Waals surface area contributed by atoms with Crippen molar-refractivity contribution < 1.29 is 14.3 Å². The molecule has 2 aromatic carbocycles. The highest BCUT2D eigenvalue weighted by atomic mass is 16.5. The number of carbonyl (C=O) groups is 2. The van der Waals surface area contributed by atoms with Crippen LogP contribution in [-0.4, -0.2) is 25.5 Å². The Balaban J connectivity index is 1.94. The Morgan fingerprint density at radius 2 is 1.88 bits per heavy atom. The highest BCUT2D eigenvalue weighted by molar-refractivity contribution is 6.08. The number of ether oxygens (including phenoxy) is 1. The Morgan fingerprint density at radius 3 is 2.56 bits per heavy atom. The Hall–Kier alpha value is -2.62. The Kier molecular flexibility index (Phi) is 4.62. The predicted octanol–water partition coefficient (Wildman–Crippen LogP) is 3.73. The van der Waals surface area contributed by atoms with E-state index in [1.807, 2.05) is 37.3 Å². The van der Waals surface area contributed by atoms with Crippen molar-refractivity contribution in [2.75, 3.05) is 18.6 Å². The van der Waals surface area contributed by atoms with Crippen molar-refractivity contribution in [2.24, 2.45) is 0 Å². The van der Waals surface area contributed by atoms with Gasteiger partial charge in [-0.15, -0.1) is 0 Å². The summed E-state index contributed by atoms with van der Waals surface area (Å²) in [4.78, 5) is 26.7. The second-order valence-corrected chi connectivity index (χ2v) is 6.63. The molecule has 0 fully saturated rings. The van der Waals surface area contributed by atoms with E-state index < -0.39 is 5.41 Å². The van der Waals surface area contributed by atoms with Crippen LogP contribution in [0.5, 0.6) is 0 Å². The minimum Gasteiger partial charge on any atom is -0.462 e. The molecular weight excluding hydrogens is 314 g/mol. The number of hydrogen-bond acceptors (Lipinski definition) is 3. The average molecular weight is 337 g/mol. The number of carbonyl (C=O) groups excluding carboxylic acids is 2. The summed E-state index contributed by atoms with van der Waals surface area (Å²) in [6.45, 7) is 4.09. The maximum absolute atomic E-state index is 12.9. The van der Waals surface area contributed by atoms with Gasteiger partial charge in [-0.1, -0.05) is 30.3 Å². The molecule has 0 radical (unpaired) electrons. The first-order chi connectivity index (χ1) is 12.0. The molecule has 1 atom stereocenters. The minimum atomic E-state index is -0.636. The van der Waals surface area contributed by atoms with Crippen molar-refractivity contribution >= 4 is 17.6 Å². The van der Waals surface area contributed by atoms with Crippen molar-refractivity contribution in [3.05, 3.63) is 65.2 Å². The van der Waals surface area contributed by atoms with E-state index in [0.717, 1.165) is 17.7 Å². The van der Waals surface area contributed by atoms with Crippen LogP contribution in [0.15, 0.2) is 48.5 Å². The van der Waals surface area contributed by atoms with Gasteiger partial charge in [0.25, 0.3) is 0 Å². The van der Waals surface area contributed by atoms with Crippen molar-refractivity contribution in [3.63, 3.8) is 0 Å². The fraction of sp³-hybridized carbons (Fsp3) is 0.333. The number of benzene rings is 2. The topological polar surface area (TPSA) is 46.6 Å². The number of anilines is 1. The number of hydrogen-bond donors (Lipinski definition) is 0. The molecule has 0 aliphatic carbocycles. The van der Waals surface area contributed by atoms with E-state index in [2.05, 4.69) is 12.1 Å². The summed E-state index contributed by atoms with van der Waals surface area (Å²) in [7, 11) is 1.79. The number of fused-ring (bicyclic) bond motifs is 1. The average Bonchev–Trinajstić information content (AvgIpc) is 2.83. The fourth-order valence-corrected chi connectivity index (χ4v) is 3.49. The van der Waals surface area contributed by atoms with Crippen LogP contribution >= 0.6 is 0 Å². The first-order valence-electron chi connectivity index (χ1n) is 8.61. The molecule has 25 heavy (non-hydrogen) atoms. The van der Waals surface area contributed by atoms with Gasteiger partial charge >= 0.3 is 5.97 Å². The monoisotopic (exact) mass is 337 g/mol. The molecule has 4 nitrogen and oxygen atoms in total. The standard InChI is InChI=1S/C21H23NO3/c1-4-25-19(23)16-10-11-18-17(14-16)21(2,20(24)22(18)3)13-12-15-8-6-5-7-9-15/h5-11,14H,4,12-13H2,1-3H3. The lowest BCUT2D eigenvalue weighted by Crippen LogP contribution is -2.36. The zero-order chi connectivity index (χ0) is 18.0. The molecule has 130 valence electrons. The summed E-state index contributed by atoms with van der Waals surface area (Å²) in [5.41, 5.74) is 2.83. The van der Waals surface area contributed by atoms with Crippen LogP contribution in [0.2, 0.25) is 0 Å². The number of nitrogens with zero attached hydrogens (tertiary/aromatic N) is 1. The quantitative estimate of drug-likeness (QED) is 0.781. The molecular formula is C21H23NO3. The van der Waals surface area contributed by atoms with Crippen LogP contribution in [-0.2, 0) is 21.4 Å². The van der Waals surface area contributed by atoms with Gasteiger partial charge in [0.1, 0.15) is 0 Å². The highest BCUT2D eigenvalue weighted by Crippen LogP contribution is 2.44. The molecule has 1 amide bonds. The van der Waals surface area contributed by atoms with Gasteiger partial charge in [0, 0.05) is 12.7 Å². The maximum atomic E-state index is 12.9. The molecule has 0 saturated heterocycles. The Bertz CT molecular complexity index is 800. The van der Waals surface area contributed by atoms with Crippen LogP contribution in [0, 0.1) is 0 Å². The van der Waals surface area contributed by atoms with Crippen LogP contribution in [0.25, 0.3) is 0 Å². The van der Waals surface area contributed by atoms with Crippen molar-refractivity contribution in [1.82, 2.24) is 0 Å². The minimum absolute atomic E-state index is 0.0689. The van der Waals surface area contributed by atoms with Gasteiger partial charge in [-0.3, -0.25) is 4.79 Å². The summed E-state index contributed by atoms with van der Waals surface area (Å²) in [6, 6.07) is 15.5. The lowest BCUT2D eigenvalue weighted by molar-refractivity contribution is -0.122. The summed E-state index contributed by atoms with van der Waals surface area (Å²) >= 11 is 0. The molecule has 0 spiro atoms. The first kappa shape index (κ1) is 17.2. The second-order valence-electron chi connectivity index (χ2n) is 6.63. The third-order valence-corrected chi connectivity index (χ3v) is 5.00. The predicted molar refractivity (Wildman–Crippen MR) is 97.9 cm³/mol. The van der Waals surface area contributed by atoms with E-state index in [-0.39, 0.29) is 11.9 Å². The van der Waals surface area contributed by atoms with Gasteiger partial charge in [-0.2, -0.15) is 0 Å². The maximum Gasteiger partial charge on any atom is 0.338 e. The number of likely N-dealkylation sites (N-methyl/N-ethyl adjacent to an activating group) is 1. The summed E-state index contributed by atoms with van der Waals surface area (Å²) in [6.07, 6.45) is 1.50. The van der Waals surface area contributed by atoms with E-state index in [1.165, 1.54) is 5.56 Å². The first-order valence-corrected chi connectivity index (χ1v) is 8.61. The van der Waals surface area contributed by atoms with Crippen molar-refractivity contribution in [1.29, 1.82) is 0 Å². The third-order valence-electron chi connectivity index (χ3n) is 5.00. The van der Waals surface area contributed by atoms with E-state index >= 15 is 0 Å². The second kappa shape index (κ2) is 6.71. The largest absolute Gasteiger partial charge is 0.462 e. The Labute approximate surface area is 148 Å². The lowest BCUT2D eigenvalue weighted by Gasteiger charge is -2.23. The normalized spacial score (nSPS) is 19.0. The number of esters is 1. The zero-order valence-corrected chi connectivity index (χ0v) is 14.9. The molecule has 4 heteroatoms. The molecule has 0 bridgehead atoms. The van der Waals surface area contributed by atoms with Crippen molar-refractivity contribution in [2.45, 2.75) is 32.1 Å². The van der Waals surface area contributed by atoms with Crippen LogP contribution in [0.1, 0.15) is 41.8 Å². The number of amides is 1. The molecule has 1 aliphatic heterocycles. The number of rotatable bonds is 5. The molecule has 2 aromatic rings. The molecule has 0 saturated carbocycles. The fourth-order valence-electron chi connectivity index (χ4n) is 3.49. The zero-order valence-electron chi connectivity index (χ0n) is 14.9. The SMILES string of the molecule is CCOC(=O)c1ccc2c(c1)C(C)(CCc1ccccc1)C(=O)N2C. The van der Waals surface area contributed by atoms with Crippen LogP contribution < -0.4 is 4.90 Å². The van der Waals surface area contributed by atoms with E-state index in [0.29, 0.717) is 18.6 Å². The number of aryl methyl sites for hydroxylation is 1. The molecule has 1 unspecified atom stereocenters. The smallest absolute Gasteiger partial charge is 0.338 e. The lowest BCUT2D eigenvalue weighted by atomic mass is 9.78. The van der Waals surface area contributed by atoms with Crippen LogP contribution in [0.3, 0.4) is 0 Å². The molecule has 0 N–H and O–H groups in total. The van der Waals surface area contributed by atoms with Crippen LogP contribution in [0.4, 0.5) is 5.69 Å². The van der Waals surface area contributed by atoms with Gasteiger partial charge < -0.3 is 9.64 Å². The molecule has 0 aromatic heterocycles. The van der Waals surface area contributed by atoms with E-state index in [1.54, 1.807) is 24.9 Å². The highest BCUT2D eigenvalue weighted by Gasteiger charge is 2.45. The van der Waals surface area contributed by atoms with Gasteiger partial charge in [-0.05, 0) is 56.0 Å². The third kappa shape index (κ3) is 3.04. The van der Waals surface area contributed by atoms with Crippen molar-refractivity contribution in [3.8, 4) is 0 Å². The summed E-state index contributed by atoms with van der Waals surface area (Å²) < 4.78 is 5.10. The Morgan fingerprint density at radius 1 is 1.16 bits per heavy atom. The van der Waals surface area contributed by atoms with E-state index in [9.17, 15) is 9.59 Å². The van der Waals surface area contributed by atoms with Gasteiger partial charge in [-0.25, -0.2) is 4.79 Å². The molecule has 3 rings (SSSR count). The van der Waals surface area contributed by atoms with Gasteiger partial charge in [0.2, 0.25) is 5.91 Å². The molecule has 1 heterocycles. The summed E-state index contributed by atoms with van der Waals surface area (Å²) in [5.74, 6) is -0.280. The molecule has 1 aliphatic rings. The van der Waals surface area contributed by atoms with E-state index in [4.69, 9.17) is 4.74 Å². The van der Waals surface area contributed by atoms with Gasteiger partial charge in [0.15, 0.2) is 0 Å². The summed E-state index contributed by atoms with van der Waals surface area (Å²) in [5, 5.41) is 0.